The third-order valence-corrected chi connectivity index (χ3v) is 2.81. The maximum Gasteiger partial charge on any atom is 0.0679 e. The first kappa shape index (κ1) is 8.78. The summed E-state index contributed by atoms with van der Waals surface area (Å²) in [5, 5.41) is 9.39. The molecule has 1 saturated heterocycles. The molecule has 1 aliphatic heterocycles. The number of likely N-dealkylation sites (tertiary alicyclic amines) is 1. The van der Waals surface area contributed by atoms with Crippen molar-refractivity contribution in [1.29, 1.82) is 0 Å². The van der Waals surface area contributed by atoms with E-state index >= 15 is 0 Å². The molecular formula is C10H16N2O. The highest BCUT2D eigenvalue weighted by Gasteiger charge is 2.25. The highest BCUT2D eigenvalue weighted by molar-refractivity contribution is 5.08. The van der Waals surface area contributed by atoms with Crippen molar-refractivity contribution in [2.24, 2.45) is 0 Å². The van der Waals surface area contributed by atoms with E-state index in [0.29, 0.717) is 6.04 Å². The van der Waals surface area contributed by atoms with Crippen molar-refractivity contribution in [1.82, 2.24) is 9.88 Å². The van der Waals surface area contributed by atoms with Gasteiger partial charge in [-0.2, -0.15) is 0 Å². The summed E-state index contributed by atoms with van der Waals surface area (Å²) in [6.07, 6.45) is 2.72. The van der Waals surface area contributed by atoms with Crippen molar-refractivity contribution in [3.05, 3.63) is 24.0 Å². The van der Waals surface area contributed by atoms with Gasteiger partial charge in [-0.15, -0.1) is 0 Å². The minimum Gasteiger partial charge on any atom is -0.392 e. The average Bonchev–Trinajstić information content (AvgIpc) is 2.72. The van der Waals surface area contributed by atoms with Crippen LogP contribution < -0.4 is 0 Å². The second-order valence-corrected chi connectivity index (χ2v) is 3.74. The van der Waals surface area contributed by atoms with Crippen LogP contribution in [-0.2, 0) is 0 Å². The first-order valence-corrected chi connectivity index (χ1v) is 4.83. The molecule has 0 aliphatic carbocycles. The topological polar surface area (TPSA) is 39.3 Å². The Labute approximate surface area is 78.4 Å². The standard InChI is InChI=1S/C10H16N2O/c1-8(10-3-2-5-11-10)12-6-4-9(13)7-12/h2-3,5,8-9,11,13H,4,6-7H2,1H3/t8?,9-/m0/s1. The molecule has 2 rings (SSSR count). The molecule has 0 spiro atoms. The van der Waals surface area contributed by atoms with Crippen LogP contribution in [0.5, 0.6) is 0 Å². The van der Waals surface area contributed by atoms with Gasteiger partial charge in [-0.25, -0.2) is 0 Å². The summed E-state index contributed by atoms with van der Waals surface area (Å²) in [4.78, 5) is 5.51. The van der Waals surface area contributed by atoms with Crippen molar-refractivity contribution in [2.75, 3.05) is 13.1 Å². The molecule has 0 radical (unpaired) electrons. The van der Waals surface area contributed by atoms with E-state index in [1.165, 1.54) is 5.69 Å². The van der Waals surface area contributed by atoms with E-state index in [-0.39, 0.29) is 6.10 Å². The van der Waals surface area contributed by atoms with Gasteiger partial charge in [-0.1, -0.05) is 0 Å². The molecule has 1 aliphatic rings. The van der Waals surface area contributed by atoms with Crippen LogP contribution in [0.15, 0.2) is 18.3 Å². The monoisotopic (exact) mass is 180 g/mol. The number of aromatic nitrogens is 1. The number of rotatable bonds is 2. The van der Waals surface area contributed by atoms with Crippen molar-refractivity contribution < 1.29 is 5.11 Å². The Morgan fingerprint density at radius 1 is 1.69 bits per heavy atom. The molecule has 2 N–H and O–H groups in total. The van der Waals surface area contributed by atoms with Gasteiger partial charge in [0.05, 0.1) is 6.10 Å². The molecule has 0 saturated carbocycles. The lowest BCUT2D eigenvalue weighted by atomic mass is 10.2. The quantitative estimate of drug-likeness (QED) is 0.716. The molecule has 0 aromatic carbocycles. The Bertz CT molecular complexity index is 258. The van der Waals surface area contributed by atoms with Crippen molar-refractivity contribution in [2.45, 2.75) is 25.5 Å². The normalized spacial score (nSPS) is 26.5. The number of H-pyrrole nitrogens is 1. The third kappa shape index (κ3) is 1.76. The lowest BCUT2D eigenvalue weighted by molar-refractivity contribution is 0.162. The lowest BCUT2D eigenvalue weighted by Gasteiger charge is -2.22. The van der Waals surface area contributed by atoms with E-state index in [1.54, 1.807) is 0 Å². The zero-order chi connectivity index (χ0) is 9.26. The molecule has 1 fully saturated rings. The van der Waals surface area contributed by atoms with Crippen LogP contribution in [0, 0.1) is 0 Å². The minimum atomic E-state index is -0.127. The van der Waals surface area contributed by atoms with E-state index in [0.717, 1.165) is 19.5 Å². The molecule has 1 aromatic rings. The largest absolute Gasteiger partial charge is 0.392 e. The maximum absolute atomic E-state index is 9.39. The van der Waals surface area contributed by atoms with Crippen LogP contribution in [0.3, 0.4) is 0 Å². The second-order valence-electron chi connectivity index (χ2n) is 3.74. The Hall–Kier alpha value is -0.800. The van der Waals surface area contributed by atoms with E-state index in [2.05, 4.69) is 22.9 Å². The Kier molecular flexibility index (Phi) is 2.38. The number of hydrogen-bond donors (Lipinski definition) is 2. The van der Waals surface area contributed by atoms with Gasteiger partial charge in [0.1, 0.15) is 0 Å². The highest BCUT2D eigenvalue weighted by Crippen LogP contribution is 2.22. The molecule has 0 bridgehead atoms. The van der Waals surface area contributed by atoms with Gasteiger partial charge in [0, 0.05) is 31.0 Å². The van der Waals surface area contributed by atoms with Crippen LogP contribution in [0.1, 0.15) is 25.1 Å². The Balaban J connectivity index is 2.02. The third-order valence-electron chi connectivity index (χ3n) is 2.81. The summed E-state index contributed by atoms with van der Waals surface area (Å²) >= 11 is 0. The van der Waals surface area contributed by atoms with Gasteiger partial charge >= 0.3 is 0 Å². The lowest BCUT2D eigenvalue weighted by Crippen LogP contribution is -2.25. The summed E-state index contributed by atoms with van der Waals surface area (Å²) in [5.74, 6) is 0. The summed E-state index contributed by atoms with van der Waals surface area (Å²) in [5.41, 5.74) is 1.23. The fourth-order valence-electron chi connectivity index (χ4n) is 1.92. The average molecular weight is 180 g/mol. The van der Waals surface area contributed by atoms with Crippen molar-refractivity contribution >= 4 is 0 Å². The number of nitrogens with one attached hydrogen (secondary N) is 1. The van der Waals surface area contributed by atoms with E-state index < -0.39 is 0 Å². The first-order valence-electron chi connectivity index (χ1n) is 4.83. The zero-order valence-corrected chi connectivity index (χ0v) is 7.90. The Morgan fingerprint density at radius 3 is 3.08 bits per heavy atom. The van der Waals surface area contributed by atoms with Crippen LogP contribution >= 0.6 is 0 Å². The number of hydrogen-bond acceptors (Lipinski definition) is 2. The maximum atomic E-state index is 9.39. The predicted molar refractivity (Wildman–Crippen MR) is 51.4 cm³/mol. The second kappa shape index (κ2) is 3.52. The van der Waals surface area contributed by atoms with E-state index in [1.807, 2.05) is 12.3 Å². The van der Waals surface area contributed by atoms with Crippen molar-refractivity contribution in [3.63, 3.8) is 0 Å². The van der Waals surface area contributed by atoms with Gasteiger partial charge in [0.2, 0.25) is 0 Å². The Morgan fingerprint density at radius 2 is 2.54 bits per heavy atom. The summed E-state index contributed by atoms with van der Waals surface area (Å²) in [6.45, 7) is 3.98. The van der Waals surface area contributed by atoms with Crippen LogP contribution in [-0.4, -0.2) is 34.2 Å². The predicted octanol–water partition coefficient (Wildman–Crippen LogP) is 1.14. The van der Waals surface area contributed by atoms with Crippen LogP contribution in [0.4, 0.5) is 0 Å². The minimum absolute atomic E-state index is 0.127. The molecule has 1 unspecified atom stereocenters. The fraction of sp³-hybridized carbons (Fsp3) is 0.600. The highest BCUT2D eigenvalue weighted by atomic mass is 16.3. The summed E-state index contributed by atoms with van der Waals surface area (Å²) < 4.78 is 0. The summed E-state index contributed by atoms with van der Waals surface area (Å²) in [6, 6.07) is 4.50. The molecule has 1 aromatic heterocycles. The number of aromatic amines is 1. The number of β-amino-alcohol motifs (C(OH)–C–C–N with tert-alkyl or cyclic N) is 1. The number of aliphatic hydroxyl groups is 1. The van der Waals surface area contributed by atoms with Gasteiger partial charge < -0.3 is 10.1 Å². The molecule has 2 heterocycles. The summed E-state index contributed by atoms with van der Waals surface area (Å²) in [7, 11) is 0. The number of nitrogens with zero attached hydrogens (tertiary/aromatic N) is 1. The van der Waals surface area contributed by atoms with Crippen LogP contribution in [0.25, 0.3) is 0 Å². The fourth-order valence-corrected chi connectivity index (χ4v) is 1.92. The van der Waals surface area contributed by atoms with E-state index in [4.69, 9.17) is 0 Å². The SMILES string of the molecule is CC(c1ccc[nH]1)N1CC[C@H](O)C1. The van der Waals surface area contributed by atoms with Crippen LogP contribution in [0.2, 0.25) is 0 Å². The molecule has 13 heavy (non-hydrogen) atoms. The molecule has 3 heteroatoms. The van der Waals surface area contributed by atoms with Gasteiger partial charge in [0.15, 0.2) is 0 Å². The van der Waals surface area contributed by atoms with Gasteiger partial charge in [0.25, 0.3) is 0 Å². The molecule has 3 nitrogen and oxygen atoms in total. The van der Waals surface area contributed by atoms with Crippen molar-refractivity contribution in [3.8, 4) is 0 Å². The molecule has 2 atom stereocenters. The van der Waals surface area contributed by atoms with Gasteiger partial charge in [-0.05, 0) is 25.5 Å². The molecular weight excluding hydrogens is 164 g/mol. The first-order chi connectivity index (χ1) is 6.27. The van der Waals surface area contributed by atoms with E-state index in [9.17, 15) is 5.11 Å². The smallest absolute Gasteiger partial charge is 0.0679 e. The number of aliphatic hydroxyl groups excluding tert-OH is 1. The molecule has 0 amide bonds. The van der Waals surface area contributed by atoms with Gasteiger partial charge in [-0.3, -0.25) is 4.90 Å². The zero-order valence-electron chi connectivity index (χ0n) is 7.90. The molecule has 72 valence electrons.